The first-order valence-corrected chi connectivity index (χ1v) is 9.48. The summed E-state index contributed by atoms with van der Waals surface area (Å²) in [7, 11) is 0. The van der Waals surface area contributed by atoms with Gasteiger partial charge in [0.1, 0.15) is 0 Å². The lowest BCUT2D eigenvalue weighted by atomic mass is 9.86. The summed E-state index contributed by atoms with van der Waals surface area (Å²) < 4.78 is 0. The van der Waals surface area contributed by atoms with E-state index in [2.05, 4.69) is 23.6 Å². The number of likely N-dealkylation sites (tertiary alicyclic amines) is 2. The Morgan fingerprint density at radius 1 is 0.955 bits per heavy atom. The van der Waals surface area contributed by atoms with Gasteiger partial charge in [0.2, 0.25) is 5.91 Å². The van der Waals surface area contributed by atoms with Gasteiger partial charge in [-0.3, -0.25) is 4.79 Å². The molecule has 0 aliphatic carbocycles. The summed E-state index contributed by atoms with van der Waals surface area (Å²) in [4.78, 5) is 16.8. The molecule has 0 saturated carbocycles. The van der Waals surface area contributed by atoms with E-state index < -0.39 is 0 Å². The minimum atomic E-state index is 0.152. The zero-order valence-corrected chi connectivity index (χ0v) is 15.2. The van der Waals surface area contributed by atoms with Crippen LogP contribution >= 0.6 is 0 Å². The second-order valence-electron chi connectivity index (χ2n) is 8.14. The summed E-state index contributed by atoms with van der Waals surface area (Å²) >= 11 is 0. The van der Waals surface area contributed by atoms with Gasteiger partial charge in [0.15, 0.2) is 0 Å². The van der Waals surface area contributed by atoms with Crippen LogP contribution in [0.25, 0.3) is 0 Å². The SMILES string of the molecule is CC(C)C(=O)N1CCC(CCN2CCC(C(C)C)CC2)CC1. The predicted octanol–water partition coefficient (Wildman–Crippen LogP) is 3.64. The molecule has 2 fully saturated rings. The quantitative estimate of drug-likeness (QED) is 0.774. The maximum absolute atomic E-state index is 12.0. The van der Waals surface area contributed by atoms with Gasteiger partial charge in [0, 0.05) is 19.0 Å². The fourth-order valence-electron chi connectivity index (χ4n) is 4.02. The highest BCUT2D eigenvalue weighted by atomic mass is 16.2. The smallest absolute Gasteiger partial charge is 0.225 e. The summed E-state index contributed by atoms with van der Waals surface area (Å²) in [6, 6.07) is 0. The molecule has 0 aromatic rings. The standard InChI is InChI=1S/C19H36N2O/c1-15(2)18-8-11-20(12-9-18)10-5-17-6-13-21(14-7-17)19(22)16(3)4/h15-18H,5-14H2,1-4H3. The molecule has 22 heavy (non-hydrogen) atoms. The van der Waals surface area contributed by atoms with Crippen LogP contribution in [-0.2, 0) is 4.79 Å². The highest BCUT2D eigenvalue weighted by Crippen LogP contribution is 2.26. The van der Waals surface area contributed by atoms with Crippen LogP contribution in [0.3, 0.4) is 0 Å². The molecule has 0 N–H and O–H groups in total. The van der Waals surface area contributed by atoms with Crippen molar-refractivity contribution in [2.24, 2.45) is 23.7 Å². The Labute approximate surface area is 137 Å². The number of amides is 1. The molecule has 2 saturated heterocycles. The molecular formula is C19H36N2O. The average Bonchev–Trinajstić information content (AvgIpc) is 2.53. The normalized spacial score (nSPS) is 22.7. The van der Waals surface area contributed by atoms with E-state index in [4.69, 9.17) is 0 Å². The lowest BCUT2D eigenvalue weighted by Gasteiger charge is -2.36. The number of carbonyl (C=O) groups excluding carboxylic acids is 1. The molecule has 3 heteroatoms. The van der Waals surface area contributed by atoms with Crippen LogP contribution < -0.4 is 0 Å². The fourth-order valence-corrected chi connectivity index (χ4v) is 4.02. The summed E-state index contributed by atoms with van der Waals surface area (Å²) in [5.74, 6) is 3.12. The average molecular weight is 309 g/mol. The molecule has 0 radical (unpaired) electrons. The van der Waals surface area contributed by atoms with Crippen molar-refractivity contribution in [3.63, 3.8) is 0 Å². The van der Waals surface area contributed by atoms with Crippen LogP contribution in [0.1, 0.15) is 59.8 Å². The molecule has 2 aliphatic rings. The lowest BCUT2D eigenvalue weighted by molar-refractivity contribution is -0.135. The van der Waals surface area contributed by atoms with Crippen molar-refractivity contribution in [3.05, 3.63) is 0 Å². The number of hydrogen-bond donors (Lipinski definition) is 0. The molecule has 0 spiro atoms. The Hall–Kier alpha value is -0.570. The van der Waals surface area contributed by atoms with Crippen LogP contribution in [0.4, 0.5) is 0 Å². The number of piperidine rings is 2. The van der Waals surface area contributed by atoms with E-state index in [9.17, 15) is 4.79 Å². The van der Waals surface area contributed by atoms with Gasteiger partial charge in [-0.25, -0.2) is 0 Å². The van der Waals surface area contributed by atoms with Gasteiger partial charge in [-0.2, -0.15) is 0 Å². The monoisotopic (exact) mass is 308 g/mol. The largest absolute Gasteiger partial charge is 0.342 e. The molecule has 3 nitrogen and oxygen atoms in total. The third-order valence-electron chi connectivity index (χ3n) is 5.85. The maximum Gasteiger partial charge on any atom is 0.225 e. The maximum atomic E-state index is 12.0. The van der Waals surface area contributed by atoms with Gasteiger partial charge >= 0.3 is 0 Å². The minimum Gasteiger partial charge on any atom is -0.342 e. The topological polar surface area (TPSA) is 23.6 Å². The van der Waals surface area contributed by atoms with Crippen LogP contribution in [0.15, 0.2) is 0 Å². The van der Waals surface area contributed by atoms with Crippen molar-refractivity contribution in [3.8, 4) is 0 Å². The van der Waals surface area contributed by atoms with E-state index in [-0.39, 0.29) is 5.92 Å². The second kappa shape index (κ2) is 8.33. The van der Waals surface area contributed by atoms with Crippen molar-refractivity contribution in [2.45, 2.75) is 59.8 Å². The zero-order chi connectivity index (χ0) is 16.1. The van der Waals surface area contributed by atoms with Crippen LogP contribution in [-0.4, -0.2) is 48.4 Å². The van der Waals surface area contributed by atoms with Crippen LogP contribution in [0, 0.1) is 23.7 Å². The lowest BCUT2D eigenvalue weighted by Crippen LogP contribution is -2.41. The Morgan fingerprint density at radius 2 is 1.55 bits per heavy atom. The number of nitrogens with zero attached hydrogens (tertiary/aromatic N) is 2. The van der Waals surface area contributed by atoms with Crippen molar-refractivity contribution in [1.82, 2.24) is 9.80 Å². The van der Waals surface area contributed by atoms with Crippen molar-refractivity contribution in [1.29, 1.82) is 0 Å². The Kier molecular flexibility index (Phi) is 6.73. The third kappa shape index (κ3) is 4.97. The summed E-state index contributed by atoms with van der Waals surface area (Å²) in [5, 5.41) is 0. The Bertz CT molecular complexity index is 337. The molecule has 1 amide bonds. The molecule has 128 valence electrons. The van der Waals surface area contributed by atoms with Crippen LogP contribution in [0.5, 0.6) is 0 Å². The first-order valence-electron chi connectivity index (χ1n) is 9.48. The molecule has 0 atom stereocenters. The summed E-state index contributed by atoms with van der Waals surface area (Å²) in [6.07, 6.45) is 6.52. The Morgan fingerprint density at radius 3 is 2.05 bits per heavy atom. The summed E-state index contributed by atoms with van der Waals surface area (Å²) in [5.41, 5.74) is 0. The molecule has 0 bridgehead atoms. The zero-order valence-electron chi connectivity index (χ0n) is 15.2. The highest BCUT2D eigenvalue weighted by molar-refractivity contribution is 5.78. The van der Waals surface area contributed by atoms with Gasteiger partial charge in [-0.05, 0) is 69.5 Å². The number of carbonyl (C=O) groups is 1. The van der Waals surface area contributed by atoms with E-state index >= 15 is 0 Å². The number of rotatable bonds is 5. The van der Waals surface area contributed by atoms with Gasteiger partial charge in [-0.1, -0.05) is 27.7 Å². The molecular weight excluding hydrogens is 272 g/mol. The van der Waals surface area contributed by atoms with E-state index in [0.29, 0.717) is 5.91 Å². The molecule has 0 unspecified atom stereocenters. The third-order valence-corrected chi connectivity index (χ3v) is 5.85. The first-order chi connectivity index (χ1) is 10.5. The predicted molar refractivity (Wildman–Crippen MR) is 92.8 cm³/mol. The van der Waals surface area contributed by atoms with Gasteiger partial charge in [0.05, 0.1) is 0 Å². The van der Waals surface area contributed by atoms with E-state index in [0.717, 1.165) is 30.8 Å². The van der Waals surface area contributed by atoms with Crippen molar-refractivity contribution >= 4 is 5.91 Å². The van der Waals surface area contributed by atoms with E-state index in [1.165, 1.54) is 51.7 Å². The van der Waals surface area contributed by atoms with Crippen LogP contribution in [0.2, 0.25) is 0 Å². The van der Waals surface area contributed by atoms with Gasteiger partial charge < -0.3 is 9.80 Å². The number of hydrogen-bond acceptors (Lipinski definition) is 2. The van der Waals surface area contributed by atoms with E-state index in [1.54, 1.807) is 0 Å². The van der Waals surface area contributed by atoms with Crippen molar-refractivity contribution < 1.29 is 4.79 Å². The van der Waals surface area contributed by atoms with Gasteiger partial charge in [0.25, 0.3) is 0 Å². The second-order valence-corrected chi connectivity index (χ2v) is 8.14. The summed E-state index contributed by atoms with van der Waals surface area (Å²) in [6.45, 7) is 14.6. The van der Waals surface area contributed by atoms with Crippen molar-refractivity contribution in [2.75, 3.05) is 32.7 Å². The Balaban J connectivity index is 1.62. The fraction of sp³-hybridized carbons (Fsp3) is 0.947. The highest BCUT2D eigenvalue weighted by Gasteiger charge is 2.25. The minimum absolute atomic E-state index is 0.152. The van der Waals surface area contributed by atoms with Gasteiger partial charge in [-0.15, -0.1) is 0 Å². The first kappa shape index (κ1) is 17.8. The molecule has 0 aromatic carbocycles. The molecule has 0 aromatic heterocycles. The molecule has 2 rings (SSSR count). The molecule has 2 heterocycles. The van der Waals surface area contributed by atoms with E-state index in [1.807, 2.05) is 13.8 Å². The molecule has 2 aliphatic heterocycles.